The standard InChI is InChI=1S/C30H33N5O6/c31-35-33-18-24-10-5-4-9-23(24)17-30(29(39)32-19-25(38)20-37)27(21-7-2-1-3-8-21)41-28(34-30)22-11-13-26(14-12-22)40-16-6-15-36/h1-5,7-14,25,27,36-38H,6,15-20H2,(H,32,39)/t25?,27-,30-/m1/s1. The molecule has 1 amide bonds. The van der Waals surface area contributed by atoms with Gasteiger partial charge < -0.3 is 30.1 Å². The Morgan fingerprint density at radius 2 is 1.78 bits per heavy atom. The molecule has 41 heavy (non-hydrogen) atoms. The Morgan fingerprint density at radius 1 is 1.07 bits per heavy atom. The quantitative estimate of drug-likeness (QED) is 0.102. The van der Waals surface area contributed by atoms with Crippen molar-refractivity contribution < 1.29 is 29.6 Å². The highest BCUT2D eigenvalue weighted by Gasteiger charge is 2.53. The van der Waals surface area contributed by atoms with Crippen LogP contribution in [0.5, 0.6) is 5.75 Å². The van der Waals surface area contributed by atoms with Gasteiger partial charge in [0, 0.05) is 36.5 Å². The number of amides is 1. The van der Waals surface area contributed by atoms with Crippen molar-refractivity contribution in [3.63, 3.8) is 0 Å². The summed E-state index contributed by atoms with van der Waals surface area (Å²) >= 11 is 0. The fourth-order valence-electron chi connectivity index (χ4n) is 4.62. The number of hydrogen-bond acceptors (Lipinski definition) is 8. The van der Waals surface area contributed by atoms with Gasteiger partial charge in [-0.05, 0) is 46.5 Å². The Bertz CT molecular complexity index is 1380. The third kappa shape index (κ3) is 7.22. The SMILES string of the molecule is [N-]=[N+]=NCc1ccccc1C[C@@]1(C(=O)NCC(O)CO)N=C(c2ccc(OCCCO)cc2)O[C@@H]1c1ccccc1. The van der Waals surface area contributed by atoms with Crippen LogP contribution in [0.25, 0.3) is 10.4 Å². The minimum absolute atomic E-state index is 0.0368. The second-order valence-electron chi connectivity index (χ2n) is 9.58. The second kappa shape index (κ2) is 14.3. The Balaban J connectivity index is 1.79. The maximum atomic E-state index is 14.1. The number of aliphatic hydroxyl groups is 3. The normalized spacial score (nSPS) is 18.5. The Morgan fingerprint density at radius 3 is 2.46 bits per heavy atom. The highest BCUT2D eigenvalue weighted by atomic mass is 16.5. The molecule has 1 unspecified atom stereocenters. The number of aliphatic imine (C=N–C) groups is 1. The number of carbonyl (C=O) groups is 1. The van der Waals surface area contributed by atoms with E-state index < -0.39 is 30.3 Å². The fraction of sp³-hybridized carbons (Fsp3) is 0.333. The smallest absolute Gasteiger partial charge is 0.252 e. The van der Waals surface area contributed by atoms with Crippen molar-refractivity contribution in [1.82, 2.24) is 5.32 Å². The van der Waals surface area contributed by atoms with Crippen LogP contribution in [0.2, 0.25) is 0 Å². The molecule has 11 heteroatoms. The monoisotopic (exact) mass is 559 g/mol. The van der Waals surface area contributed by atoms with Gasteiger partial charge in [0.15, 0.2) is 11.6 Å². The molecule has 4 N–H and O–H groups in total. The molecule has 1 aliphatic rings. The summed E-state index contributed by atoms with van der Waals surface area (Å²) in [7, 11) is 0. The lowest BCUT2D eigenvalue weighted by molar-refractivity contribution is -0.129. The van der Waals surface area contributed by atoms with Crippen molar-refractivity contribution in [1.29, 1.82) is 0 Å². The number of carbonyl (C=O) groups excluding carboxylic acids is 1. The highest BCUT2D eigenvalue weighted by molar-refractivity contribution is 6.01. The van der Waals surface area contributed by atoms with Crippen LogP contribution in [-0.4, -0.2) is 65.1 Å². The van der Waals surface area contributed by atoms with Gasteiger partial charge in [-0.1, -0.05) is 59.7 Å². The topological polar surface area (TPSA) is 169 Å². The first-order valence-corrected chi connectivity index (χ1v) is 13.3. The zero-order valence-electron chi connectivity index (χ0n) is 22.5. The number of azide groups is 1. The van der Waals surface area contributed by atoms with Crippen LogP contribution in [0.4, 0.5) is 0 Å². The molecule has 3 aromatic rings. The third-order valence-electron chi connectivity index (χ3n) is 6.72. The van der Waals surface area contributed by atoms with E-state index in [1.54, 1.807) is 24.3 Å². The number of nitrogens with one attached hydrogen (secondary N) is 1. The number of hydrogen-bond donors (Lipinski definition) is 4. The lowest BCUT2D eigenvalue weighted by Gasteiger charge is -2.31. The van der Waals surface area contributed by atoms with Crippen LogP contribution in [0.15, 0.2) is 89.0 Å². The van der Waals surface area contributed by atoms with Gasteiger partial charge in [0.05, 0.1) is 25.9 Å². The largest absolute Gasteiger partial charge is 0.494 e. The van der Waals surface area contributed by atoms with E-state index >= 15 is 0 Å². The predicted octanol–water partition coefficient (Wildman–Crippen LogP) is 3.23. The molecular weight excluding hydrogens is 526 g/mol. The van der Waals surface area contributed by atoms with Crippen molar-refractivity contribution in [3.8, 4) is 5.75 Å². The zero-order valence-corrected chi connectivity index (χ0v) is 22.5. The van der Waals surface area contributed by atoms with Gasteiger partial charge in [0.25, 0.3) is 5.91 Å². The molecule has 0 radical (unpaired) electrons. The van der Waals surface area contributed by atoms with Gasteiger partial charge in [-0.25, -0.2) is 4.99 Å². The van der Waals surface area contributed by atoms with E-state index in [0.717, 1.165) is 16.7 Å². The molecule has 0 aromatic heterocycles. The summed E-state index contributed by atoms with van der Waals surface area (Å²) < 4.78 is 12.1. The third-order valence-corrected chi connectivity index (χ3v) is 6.72. The fourth-order valence-corrected chi connectivity index (χ4v) is 4.62. The summed E-state index contributed by atoms with van der Waals surface area (Å²) in [5.41, 5.74) is 10.2. The van der Waals surface area contributed by atoms with Crippen LogP contribution < -0.4 is 10.1 Å². The molecule has 0 saturated carbocycles. The van der Waals surface area contributed by atoms with Gasteiger partial charge in [-0.3, -0.25) is 4.79 Å². The molecule has 4 rings (SSSR count). The first kappa shape index (κ1) is 29.6. The summed E-state index contributed by atoms with van der Waals surface area (Å²) in [6, 6.07) is 23.7. The Kier molecular flexibility index (Phi) is 10.3. The lowest BCUT2D eigenvalue weighted by Crippen LogP contribution is -2.51. The van der Waals surface area contributed by atoms with Crippen LogP contribution in [-0.2, 0) is 22.5 Å². The maximum Gasteiger partial charge on any atom is 0.252 e. The van der Waals surface area contributed by atoms with Crippen molar-refractivity contribution in [2.24, 2.45) is 10.1 Å². The summed E-state index contributed by atoms with van der Waals surface area (Å²) in [6.45, 7) is -0.179. The maximum absolute atomic E-state index is 14.1. The average molecular weight is 560 g/mol. The minimum Gasteiger partial charge on any atom is -0.494 e. The van der Waals surface area contributed by atoms with Crippen LogP contribution in [0.1, 0.15) is 34.8 Å². The molecule has 0 bridgehead atoms. The van der Waals surface area contributed by atoms with Gasteiger partial charge in [0.2, 0.25) is 5.90 Å². The van der Waals surface area contributed by atoms with Gasteiger partial charge in [-0.15, -0.1) is 0 Å². The van der Waals surface area contributed by atoms with E-state index in [0.29, 0.717) is 24.3 Å². The van der Waals surface area contributed by atoms with Gasteiger partial charge >= 0.3 is 0 Å². The molecule has 0 fully saturated rings. The lowest BCUT2D eigenvalue weighted by atomic mass is 9.81. The Labute approximate surface area is 237 Å². The van der Waals surface area contributed by atoms with E-state index in [1.807, 2.05) is 54.6 Å². The zero-order chi connectivity index (χ0) is 29.1. The molecule has 0 saturated heterocycles. The molecule has 1 aliphatic heterocycles. The molecule has 0 aliphatic carbocycles. The van der Waals surface area contributed by atoms with Gasteiger partial charge in [0.1, 0.15) is 5.75 Å². The first-order valence-electron chi connectivity index (χ1n) is 13.3. The summed E-state index contributed by atoms with van der Waals surface area (Å²) in [4.78, 5) is 21.9. The molecular formula is C30H33N5O6. The van der Waals surface area contributed by atoms with E-state index in [2.05, 4.69) is 15.3 Å². The Hall–Kier alpha value is -4.41. The van der Waals surface area contributed by atoms with E-state index in [-0.39, 0.29) is 32.0 Å². The van der Waals surface area contributed by atoms with E-state index in [9.17, 15) is 15.0 Å². The molecule has 3 atom stereocenters. The first-order chi connectivity index (χ1) is 20.0. The minimum atomic E-state index is -1.51. The predicted molar refractivity (Wildman–Crippen MR) is 152 cm³/mol. The number of benzene rings is 3. The van der Waals surface area contributed by atoms with Crippen LogP contribution in [0.3, 0.4) is 0 Å². The van der Waals surface area contributed by atoms with Crippen LogP contribution in [0, 0.1) is 0 Å². The van der Waals surface area contributed by atoms with Crippen molar-refractivity contribution >= 4 is 11.8 Å². The highest BCUT2D eigenvalue weighted by Crippen LogP contribution is 2.43. The molecule has 214 valence electrons. The van der Waals surface area contributed by atoms with E-state index in [1.165, 1.54) is 0 Å². The average Bonchev–Trinajstić information content (AvgIpc) is 3.40. The summed E-state index contributed by atoms with van der Waals surface area (Å²) in [6.07, 6.45) is -1.36. The second-order valence-corrected chi connectivity index (χ2v) is 9.58. The molecule has 3 aromatic carbocycles. The number of rotatable bonds is 14. The molecule has 11 nitrogen and oxygen atoms in total. The number of ether oxygens (including phenoxy) is 2. The number of aliphatic hydroxyl groups excluding tert-OH is 3. The summed E-state index contributed by atoms with van der Waals surface area (Å²) in [5, 5.41) is 34.8. The van der Waals surface area contributed by atoms with E-state index in [4.69, 9.17) is 25.1 Å². The number of nitrogens with zero attached hydrogens (tertiary/aromatic N) is 4. The molecule has 1 heterocycles. The van der Waals surface area contributed by atoms with Gasteiger partial charge in [-0.2, -0.15) is 0 Å². The summed E-state index contributed by atoms with van der Waals surface area (Å²) in [5.74, 6) is 0.386. The van der Waals surface area contributed by atoms with Crippen LogP contribution >= 0.6 is 0 Å². The van der Waals surface area contributed by atoms with Crippen molar-refractivity contribution in [2.45, 2.75) is 37.1 Å². The van der Waals surface area contributed by atoms with Crippen molar-refractivity contribution in [2.75, 3.05) is 26.4 Å². The molecule has 0 spiro atoms. The van der Waals surface area contributed by atoms with Crippen molar-refractivity contribution in [3.05, 3.63) is 112 Å².